The maximum Gasteiger partial charge on any atom is 0.417 e. The Kier molecular flexibility index (Phi) is 10.3. The van der Waals surface area contributed by atoms with Crippen LogP contribution in [0.15, 0.2) is 29.0 Å². The number of carbonyl (C=O) groups excluding carboxylic acids is 2. The molecule has 0 saturated heterocycles. The van der Waals surface area contributed by atoms with E-state index in [0.29, 0.717) is 36.2 Å². The molecule has 0 bridgehead atoms. The van der Waals surface area contributed by atoms with Gasteiger partial charge in [0.2, 0.25) is 0 Å². The van der Waals surface area contributed by atoms with Crippen molar-refractivity contribution in [3.63, 3.8) is 0 Å². The number of alkyl halides is 1. The number of Topliss-reactive ketones (excluding diaryl/α,β-unsaturated/α-hetero) is 1. The van der Waals surface area contributed by atoms with Crippen molar-refractivity contribution in [2.75, 3.05) is 30.1 Å². The summed E-state index contributed by atoms with van der Waals surface area (Å²) in [4.78, 5) is 23.7. The molecule has 1 unspecified atom stereocenters. The van der Waals surface area contributed by atoms with Crippen LogP contribution < -0.4 is 5.32 Å². The van der Waals surface area contributed by atoms with Crippen LogP contribution in [-0.2, 0) is 9.05 Å². The minimum absolute atomic E-state index is 0.0367. The summed E-state index contributed by atoms with van der Waals surface area (Å²) in [6.45, 7) is 5.41. The van der Waals surface area contributed by atoms with E-state index in [9.17, 15) is 9.59 Å². The Bertz CT molecular complexity index is 653. The highest BCUT2D eigenvalue weighted by atomic mass is 35.5. The largest absolute Gasteiger partial charge is 0.417 e. The van der Waals surface area contributed by atoms with Gasteiger partial charge in [-0.05, 0) is 55.4 Å². The van der Waals surface area contributed by atoms with Gasteiger partial charge in [-0.1, -0.05) is 13.8 Å². The maximum atomic E-state index is 12.4. The minimum atomic E-state index is -2.79. The van der Waals surface area contributed by atoms with Gasteiger partial charge in [0.15, 0.2) is 5.78 Å². The van der Waals surface area contributed by atoms with Gasteiger partial charge in [-0.25, -0.2) is 9.54 Å². The van der Waals surface area contributed by atoms with Crippen LogP contribution in [0.5, 0.6) is 0 Å². The van der Waals surface area contributed by atoms with Crippen molar-refractivity contribution >= 4 is 47.3 Å². The number of nitrogens with one attached hydrogen (secondary N) is 1. The molecule has 0 saturated carbocycles. The van der Waals surface area contributed by atoms with Crippen LogP contribution >= 0.6 is 29.7 Å². The Hall–Kier alpha value is -1.01. The number of nitrogens with zero attached hydrogens (tertiary/aromatic N) is 1. The summed E-state index contributed by atoms with van der Waals surface area (Å²) in [6, 6.07) is 6.59. The van der Waals surface area contributed by atoms with Gasteiger partial charge in [0.05, 0.1) is 13.2 Å². The van der Waals surface area contributed by atoms with Crippen molar-refractivity contribution in [2.24, 2.45) is 10.7 Å². The molecule has 0 aliphatic heterocycles. The number of rotatable bonds is 10. The van der Waals surface area contributed by atoms with E-state index in [1.54, 1.807) is 24.3 Å². The molecule has 1 amide bonds. The summed E-state index contributed by atoms with van der Waals surface area (Å²) >= 11 is 7.18. The summed E-state index contributed by atoms with van der Waals surface area (Å²) in [5, 5.41) is 2.65. The van der Waals surface area contributed by atoms with Crippen LogP contribution in [0.1, 0.15) is 38.1 Å². The van der Waals surface area contributed by atoms with Crippen LogP contribution in [0.2, 0.25) is 0 Å². The summed E-state index contributed by atoms with van der Waals surface area (Å²) < 4.78 is 15.8. The van der Waals surface area contributed by atoms with E-state index in [0.717, 1.165) is 5.75 Å². The zero-order valence-electron chi connectivity index (χ0n) is 15.5. The Morgan fingerprint density at radius 3 is 2.46 bits per heavy atom. The molecular weight excluding hydrogens is 395 g/mol. The lowest BCUT2D eigenvalue weighted by molar-refractivity contribution is 0.101. The predicted octanol–water partition coefficient (Wildman–Crippen LogP) is 6.05. The SMILES string of the molecule is CCOP(=NCCCl)(OC(=O)Nc1ccc(C(C)=O)cc1)SCC(C)C. The second kappa shape index (κ2) is 11.7. The first-order chi connectivity index (χ1) is 12.3. The predicted molar refractivity (Wildman–Crippen MR) is 110 cm³/mol. The third-order valence-corrected chi connectivity index (χ3v) is 8.11. The quantitative estimate of drug-likeness (QED) is 0.283. The van der Waals surface area contributed by atoms with Crippen molar-refractivity contribution in [2.45, 2.75) is 27.7 Å². The first-order valence-corrected chi connectivity index (χ1v) is 12.1. The summed E-state index contributed by atoms with van der Waals surface area (Å²) in [5.74, 6) is 1.44. The van der Waals surface area contributed by atoms with Crippen LogP contribution in [0.3, 0.4) is 0 Å². The standard InChI is InChI=1S/C17H26ClN2O4PS/c1-5-23-25(19-11-10-18,26-12-13(2)3)24-17(22)20-16-8-6-15(7-9-16)14(4)21/h6-9,13H,5,10-12H2,1-4H3,(H,20,22). The molecule has 0 aliphatic carbocycles. The van der Waals surface area contributed by atoms with Gasteiger partial charge in [-0.15, -0.1) is 11.6 Å². The molecule has 0 heterocycles. The normalized spacial score (nSPS) is 13.2. The number of hydrogen-bond acceptors (Lipinski definition) is 6. The molecule has 1 aromatic carbocycles. The van der Waals surface area contributed by atoms with E-state index >= 15 is 0 Å². The van der Waals surface area contributed by atoms with E-state index in [1.807, 2.05) is 6.92 Å². The van der Waals surface area contributed by atoms with Gasteiger partial charge in [0.25, 0.3) is 0 Å². The third-order valence-electron chi connectivity index (χ3n) is 2.96. The average Bonchev–Trinajstić information content (AvgIpc) is 2.58. The number of amides is 1. The highest BCUT2D eigenvalue weighted by Crippen LogP contribution is 2.64. The highest BCUT2D eigenvalue weighted by molar-refractivity contribution is 8.56. The molecule has 1 N–H and O–H groups in total. The topological polar surface area (TPSA) is 77.0 Å². The molecule has 26 heavy (non-hydrogen) atoms. The lowest BCUT2D eigenvalue weighted by Gasteiger charge is -2.23. The third kappa shape index (κ3) is 8.12. The van der Waals surface area contributed by atoms with Gasteiger partial charge in [-0.3, -0.25) is 10.1 Å². The molecule has 1 rings (SSSR count). The molecule has 0 radical (unpaired) electrons. The minimum Gasteiger partial charge on any atom is -0.381 e. The van der Waals surface area contributed by atoms with Crippen LogP contribution in [0.4, 0.5) is 10.5 Å². The Morgan fingerprint density at radius 1 is 1.31 bits per heavy atom. The van der Waals surface area contributed by atoms with Crippen LogP contribution in [-0.4, -0.2) is 36.7 Å². The monoisotopic (exact) mass is 420 g/mol. The lowest BCUT2D eigenvalue weighted by Crippen LogP contribution is -2.13. The van der Waals surface area contributed by atoms with Crippen molar-refractivity contribution in [1.82, 2.24) is 0 Å². The first-order valence-electron chi connectivity index (χ1n) is 8.36. The Morgan fingerprint density at radius 2 is 1.96 bits per heavy atom. The van der Waals surface area contributed by atoms with Gasteiger partial charge < -0.3 is 9.05 Å². The van der Waals surface area contributed by atoms with Gasteiger partial charge >= 0.3 is 12.8 Å². The molecule has 0 aliphatic rings. The zero-order chi connectivity index (χ0) is 19.6. The molecular formula is C17H26ClN2O4PS. The number of carbonyl (C=O) groups is 2. The van der Waals surface area contributed by atoms with E-state index < -0.39 is 12.8 Å². The van der Waals surface area contributed by atoms with Gasteiger partial charge in [-0.2, -0.15) is 0 Å². The number of benzene rings is 1. The van der Waals surface area contributed by atoms with Gasteiger partial charge in [0, 0.05) is 22.9 Å². The molecule has 146 valence electrons. The first kappa shape index (κ1) is 23.0. The fraction of sp³-hybridized carbons (Fsp3) is 0.529. The fourth-order valence-electron chi connectivity index (χ4n) is 1.80. The van der Waals surface area contributed by atoms with Crippen molar-refractivity contribution < 1.29 is 18.6 Å². The van der Waals surface area contributed by atoms with Gasteiger partial charge in [0.1, 0.15) is 0 Å². The van der Waals surface area contributed by atoms with Crippen molar-refractivity contribution in [3.8, 4) is 0 Å². The van der Waals surface area contributed by atoms with E-state index in [2.05, 4.69) is 23.9 Å². The molecule has 0 fully saturated rings. The molecule has 1 atom stereocenters. The molecule has 9 heteroatoms. The molecule has 6 nitrogen and oxygen atoms in total. The van der Waals surface area contributed by atoms with Crippen LogP contribution in [0.25, 0.3) is 0 Å². The van der Waals surface area contributed by atoms with E-state index in [-0.39, 0.29) is 5.78 Å². The average molecular weight is 421 g/mol. The number of anilines is 1. The molecule has 0 spiro atoms. The highest BCUT2D eigenvalue weighted by Gasteiger charge is 2.27. The fourth-order valence-corrected chi connectivity index (χ4v) is 6.67. The van der Waals surface area contributed by atoms with Crippen molar-refractivity contribution in [3.05, 3.63) is 29.8 Å². The second-order valence-electron chi connectivity index (χ2n) is 5.77. The number of ketones is 1. The smallest absolute Gasteiger partial charge is 0.381 e. The second-order valence-corrected chi connectivity index (χ2v) is 10.6. The molecule has 1 aromatic rings. The maximum absolute atomic E-state index is 12.4. The number of halogens is 1. The zero-order valence-corrected chi connectivity index (χ0v) is 18.0. The Balaban J connectivity index is 2.90. The number of hydrogen-bond donors (Lipinski definition) is 1. The summed E-state index contributed by atoms with van der Waals surface area (Å²) in [5.41, 5.74) is 1.10. The van der Waals surface area contributed by atoms with Crippen LogP contribution in [0, 0.1) is 5.92 Å². The Labute approximate surface area is 164 Å². The molecule has 0 aromatic heterocycles. The summed E-state index contributed by atoms with van der Waals surface area (Å²) in [7, 11) is 0. The lowest BCUT2D eigenvalue weighted by atomic mass is 10.1. The van der Waals surface area contributed by atoms with E-state index in [4.69, 9.17) is 20.6 Å². The summed E-state index contributed by atoms with van der Waals surface area (Å²) in [6.07, 6.45) is -0.642. The van der Waals surface area contributed by atoms with E-state index in [1.165, 1.54) is 18.3 Å². The van der Waals surface area contributed by atoms with Crippen molar-refractivity contribution in [1.29, 1.82) is 0 Å².